The van der Waals surface area contributed by atoms with E-state index in [0.717, 1.165) is 28.8 Å². The maximum atomic E-state index is 11.7. The topological polar surface area (TPSA) is 89.5 Å². The summed E-state index contributed by atoms with van der Waals surface area (Å²) in [6, 6.07) is 7.24. The van der Waals surface area contributed by atoms with Crippen LogP contribution in [0.2, 0.25) is 0 Å². The van der Waals surface area contributed by atoms with Crippen LogP contribution in [0.25, 0.3) is 0 Å². The summed E-state index contributed by atoms with van der Waals surface area (Å²) in [5, 5.41) is 1.53. The molecule has 0 spiro atoms. The first-order valence-corrected chi connectivity index (χ1v) is 12.2. The highest BCUT2D eigenvalue weighted by atomic mass is 32.2. The Morgan fingerprint density at radius 1 is 1.22 bits per heavy atom. The van der Waals surface area contributed by atoms with Gasteiger partial charge in [0.15, 0.2) is 0 Å². The number of hydrogen-bond donors (Lipinski definition) is 1. The second-order valence-electron chi connectivity index (χ2n) is 7.75. The van der Waals surface area contributed by atoms with Crippen LogP contribution in [-0.2, 0) is 9.53 Å². The van der Waals surface area contributed by atoms with Crippen molar-refractivity contribution in [3.8, 4) is 11.5 Å². The molecule has 0 radical (unpaired) electrons. The summed E-state index contributed by atoms with van der Waals surface area (Å²) >= 11 is 0.992. The highest BCUT2D eigenvalue weighted by molar-refractivity contribution is 8.15. The molecule has 1 aromatic rings. The van der Waals surface area contributed by atoms with E-state index in [9.17, 15) is 9.59 Å². The number of likely N-dealkylation sites (N-methyl/N-ethyl adjacent to an activating group) is 1. The largest absolute Gasteiger partial charge is 0.497 e. The zero-order valence-corrected chi connectivity index (χ0v) is 22.0. The summed E-state index contributed by atoms with van der Waals surface area (Å²) in [6.07, 6.45) is 9.12. The maximum absolute atomic E-state index is 11.7. The molecule has 1 heterocycles. The molecule has 1 aliphatic heterocycles. The number of nitrogens with zero attached hydrogens (tertiary/aromatic N) is 2. The van der Waals surface area contributed by atoms with Gasteiger partial charge in [-0.05, 0) is 56.7 Å². The Bertz CT molecular complexity index is 1070. The van der Waals surface area contributed by atoms with Crippen molar-refractivity contribution in [3.05, 3.63) is 85.0 Å². The Labute approximate surface area is 217 Å². The molecule has 1 aliphatic rings. The van der Waals surface area contributed by atoms with Crippen LogP contribution in [0.3, 0.4) is 0 Å². The van der Waals surface area contributed by atoms with E-state index in [0.29, 0.717) is 37.0 Å². The van der Waals surface area contributed by atoms with E-state index in [1.54, 1.807) is 25.3 Å². The van der Waals surface area contributed by atoms with Crippen LogP contribution in [-0.4, -0.2) is 54.5 Å². The second kappa shape index (κ2) is 14.6. The average molecular weight is 512 g/mol. The highest BCUT2D eigenvalue weighted by Crippen LogP contribution is 2.25. The lowest BCUT2D eigenvalue weighted by atomic mass is 10.1. The van der Waals surface area contributed by atoms with Crippen molar-refractivity contribution in [1.29, 1.82) is 0 Å². The Kier molecular flexibility index (Phi) is 11.6. The van der Waals surface area contributed by atoms with Crippen molar-refractivity contribution in [2.45, 2.75) is 25.5 Å². The number of aliphatic imine (C=N–C) groups is 1. The Hall–Kier alpha value is -3.72. The fraction of sp³-hybridized carbons (Fsp3) is 0.296. The van der Waals surface area contributed by atoms with E-state index >= 15 is 0 Å². The van der Waals surface area contributed by atoms with Gasteiger partial charge < -0.3 is 19.1 Å². The molecule has 36 heavy (non-hydrogen) atoms. The van der Waals surface area contributed by atoms with Crippen LogP contribution in [0.15, 0.2) is 89.9 Å². The molecule has 0 bridgehead atoms. The monoisotopic (exact) mass is 511 g/mol. The number of thioether (sulfide) groups is 1. The normalized spacial score (nSPS) is 16.7. The third kappa shape index (κ3) is 9.50. The third-order valence-corrected chi connectivity index (χ3v) is 6.09. The molecule has 0 saturated carbocycles. The zero-order chi connectivity index (χ0) is 26.5. The molecule has 8 nitrogen and oxygen atoms in total. The zero-order valence-electron chi connectivity index (χ0n) is 21.2. The van der Waals surface area contributed by atoms with Crippen molar-refractivity contribution in [1.82, 2.24) is 10.2 Å². The summed E-state index contributed by atoms with van der Waals surface area (Å²) in [6.45, 7) is 12.5. The molecule has 9 heteroatoms. The van der Waals surface area contributed by atoms with Gasteiger partial charge in [-0.2, -0.15) is 0 Å². The maximum Gasteiger partial charge on any atom is 0.286 e. The molecular formula is C27H33N3O5S. The lowest BCUT2D eigenvalue weighted by Crippen LogP contribution is -2.24. The SMILES string of the molecule is C=CN=C(/C=C(\C)N(C)CCOC(/C=C\C(=C)CC1SC(=O)NC1=O)=C/C)Oc1ccc(OC)cc1. The first-order valence-electron chi connectivity index (χ1n) is 11.3. The van der Waals surface area contributed by atoms with Gasteiger partial charge in [0.25, 0.3) is 5.24 Å². The summed E-state index contributed by atoms with van der Waals surface area (Å²) in [5.74, 6) is 2.20. The van der Waals surface area contributed by atoms with Crippen LogP contribution in [0.4, 0.5) is 4.79 Å². The number of carbonyl (C=O) groups excluding carboxylic acids is 2. The van der Waals surface area contributed by atoms with Gasteiger partial charge in [0.1, 0.15) is 23.9 Å². The molecule has 1 fully saturated rings. The number of hydrogen-bond acceptors (Lipinski definition) is 8. The number of benzene rings is 1. The van der Waals surface area contributed by atoms with Crippen LogP contribution >= 0.6 is 11.8 Å². The molecule has 1 atom stereocenters. The van der Waals surface area contributed by atoms with Gasteiger partial charge in [-0.25, -0.2) is 4.99 Å². The first-order chi connectivity index (χ1) is 17.2. The number of carbonyl (C=O) groups is 2. The number of methoxy groups -OCH3 is 1. The Morgan fingerprint density at radius 3 is 2.50 bits per heavy atom. The van der Waals surface area contributed by atoms with E-state index in [2.05, 4.69) is 23.5 Å². The minimum absolute atomic E-state index is 0.274. The van der Waals surface area contributed by atoms with E-state index in [1.807, 2.05) is 56.2 Å². The molecule has 192 valence electrons. The van der Waals surface area contributed by atoms with E-state index in [-0.39, 0.29) is 11.1 Å². The van der Waals surface area contributed by atoms with E-state index in [4.69, 9.17) is 14.2 Å². The number of rotatable bonds is 13. The smallest absolute Gasteiger partial charge is 0.286 e. The highest BCUT2D eigenvalue weighted by Gasteiger charge is 2.31. The van der Waals surface area contributed by atoms with Gasteiger partial charge >= 0.3 is 0 Å². The Morgan fingerprint density at radius 2 is 1.92 bits per heavy atom. The van der Waals surface area contributed by atoms with Gasteiger partial charge in [0.2, 0.25) is 11.8 Å². The minimum Gasteiger partial charge on any atom is -0.497 e. The third-order valence-electron chi connectivity index (χ3n) is 5.11. The summed E-state index contributed by atoms with van der Waals surface area (Å²) in [7, 11) is 3.56. The fourth-order valence-corrected chi connectivity index (χ4v) is 3.86. The number of amides is 2. The molecule has 1 aromatic carbocycles. The molecule has 0 aliphatic carbocycles. The van der Waals surface area contributed by atoms with Crippen LogP contribution in [0.5, 0.6) is 11.5 Å². The minimum atomic E-state index is -0.434. The molecule has 0 aromatic heterocycles. The number of allylic oxidation sites excluding steroid dienone is 5. The van der Waals surface area contributed by atoms with Crippen molar-refractivity contribution in [2.24, 2.45) is 4.99 Å². The van der Waals surface area contributed by atoms with Crippen molar-refractivity contribution in [3.63, 3.8) is 0 Å². The molecule has 1 N–H and O–H groups in total. The number of nitrogens with one attached hydrogen (secondary N) is 1. The van der Waals surface area contributed by atoms with Gasteiger partial charge in [-0.3, -0.25) is 14.9 Å². The van der Waals surface area contributed by atoms with Gasteiger partial charge in [0.05, 0.1) is 18.9 Å². The van der Waals surface area contributed by atoms with E-state index in [1.165, 1.54) is 6.20 Å². The summed E-state index contributed by atoms with van der Waals surface area (Å²) in [5.41, 5.74) is 1.67. The molecular weight excluding hydrogens is 478 g/mol. The lowest BCUT2D eigenvalue weighted by molar-refractivity contribution is -0.118. The number of imide groups is 1. The predicted molar refractivity (Wildman–Crippen MR) is 145 cm³/mol. The molecule has 2 rings (SSSR count). The fourth-order valence-electron chi connectivity index (χ4n) is 2.97. The predicted octanol–water partition coefficient (Wildman–Crippen LogP) is 5.23. The van der Waals surface area contributed by atoms with Gasteiger partial charge in [0, 0.05) is 25.0 Å². The van der Waals surface area contributed by atoms with Crippen LogP contribution in [0, 0.1) is 0 Å². The lowest BCUT2D eigenvalue weighted by Gasteiger charge is -2.20. The first kappa shape index (κ1) is 28.5. The standard InChI is InChI=1S/C27H33N3O5S/c1-7-21(10-9-19(3)17-24-26(31)29-27(32)36-24)34-16-15-30(5)20(4)18-25(28-8-2)35-23-13-11-22(33-6)12-14-23/h7-14,18,24H,2-3,15-17H2,1,4-6H3,(H,29,31,32)/b10-9-,20-18+,21-7+,28-25?. The molecule has 2 amide bonds. The van der Waals surface area contributed by atoms with Crippen molar-refractivity contribution < 1.29 is 23.8 Å². The quantitative estimate of drug-likeness (QED) is 0.168. The Balaban J connectivity index is 1.85. The summed E-state index contributed by atoms with van der Waals surface area (Å²) < 4.78 is 16.9. The van der Waals surface area contributed by atoms with Gasteiger partial charge in [-0.15, -0.1) is 0 Å². The van der Waals surface area contributed by atoms with Crippen molar-refractivity contribution >= 4 is 28.8 Å². The molecule has 1 unspecified atom stereocenters. The molecule has 1 saturated heterocycles. The van der Waals surface area contributed by atoms with E-state index < -0.39 is 5.25 Å². The second-order valence-corrected chi connectivity index (χ2v) is 8.93. The number of ether oxygens (including phenoxy) is 3. The van der Waals surface area contributed by atoms with Crippen LogP contribution in [0.1, 0.15) is 20.3 Å². The van der Waals surface area contributed by atoms with Gasteiger partial charge in [-0.1, -0.05) is 36.6 Å². The average Bonchev–Trinajstić information content (AvgIpc) is 3.17. The summed E-state index contributed by atoms with van der Waals surface area (Å²) in [4.78, 5) is 29.2. The van der Waals surface area contributed by atoms with Crippen LogP contribution < -0.4 is 14.8 Å². The van der Waals surface area contributed by atoms with Crippen molar-refractivity contribution in [2.75, 3.05) is 27.3 Å².